The van der Waals surface area contributed by atoms with Crippen molar-refractivity contribution in [1.82, 2.24) is 0 Å². The summed E-state index contributed by atoms with van der Waals surface area (Å²) in [5.74, 6) is 0. The Balaban J connectivity index is 4.91. The predicted molar refractivity (Wildman–Crippen MR) is 103 cm³/mol. The van der Waals surface area contributed by atoms with Gasteiger partial charge in [-0.15, -0.1) is 0 Å². The van der Waals surface area contributed by atoms with Gasteiger partial charge < -0.3 is 0 Å². The SMILES string of the molecule is CCCCCCCCCC(C(C)(C)C)(C(C)(C)C)C(C)(C)C. The molecule has 0 aromatic heterocycles. The first-order valence-electron chi connectivity index (χ1n) is 9.81. The average Bonchev–Trinajstić information content (AvgIpc) is 2.27. The fourth-order valence-corrected chi connectivity index (χ4v) is 5.85. The first kappa shape index (κ1) is 22.0. The van der Waals surface area contributed by atoms with Crippen LogP contribution < -0.4 is 0 Å². The number of rotatable bonds is 8. The zero-order valence-corrected chi connectivity index (χ0v) is 17.7. The third-order valence-electron chi connectivity index (χ3n) is 6.00. The number of hydrogen-bond donors (Lipinski definition) is 0. The molecule has 0 rings (SSSR count). The Morgan fingerprint density at radius 3 is 1.09 bits per heavy atom. The Bertz CT molecular complexity index is 253. The van der Waals surface area contributed by atoms with Crippen molar-refractivity contribution in [3.8, 4) is 0 Å². The molecule has 0 N–H and O–H groups in total. The third kappa shape index (κ3) is 5.27. The summed E-state index contributed by atoms with van der Waals surface area (Å²) in [5, 5.41) is 0. The molecule has 0 aliphatic rings. The van der Waals surface area contributed by atoms with E-state index in [1.807, 2.05) is 0 Å². The molecule has 134 valence electrons. The normalized spacial score (nSPS) is 14.5. The maximum absolute atomic E-state index is 2.46. The van der Waals surface area contributed by atoms with Crippen LogP contribution in [0.1, 0.15) is 121 Å². The molecule has 0 aliphatic heterocycles. The van der Waals surface area contributed by atoms with Gasteiger partial charge in [0.2, 0.25) is 0 Å². The lowest BCUT2D eigenvalue weighted by Gasteiger charge is -2.62. The van der Waals surface area contributed by atoms with E-state index in [0.29, 0.717) is 21.7 Å². The maximum Gasteiger partial charge on any atom is -0.0152 e. The van der Waals surface area contributed by atoms with E-state index in [1.54, 1.807) is 0 Å². The lowest BCUT2D eigenvalue weighted by atomic mass is 9.43. The highest BCUT2D eigenvalue weighted by atomic mass is 14.6. The van der Waals surface area contributed by atoms with Crippen molar-refractivity contribution in [1.29, 1.82) is 0 Å². The standard InChI is InChI=1S/C22H46/c1-11-12-13-14-15-16-17-18-22(19(2,3)4,20(5,6)7)21(8,9)10/h11-18H2,1-10H3. The summed E-state index contributed by atoms with van der Waals surface area (Å²) in [6.07, 6.45) is 11.2. The van der Waals surface area contributed by atoms with Crippen molar-refractivity contribution in [2.45, 2.75) is 121 Å². The molecule has 0 aliphatic carbocycles. The summed E-state index contributed by atoms with van der Waals surface area (Å²) in [6.45, 7) is 24.5. The van der Waals surface area contributed by atoms with Crippen LogP contribution in [0.5, 0.6) is 0 Å². The summed E-state index contributed by atoms with van der Waals surface area (Å²) < 4.78 is 0. The minimum atomic E-state index is 0.325. The quantitative estimate of drug-likeness (QED) is 0.396. The molecule has 0 heterocycles. The molecule has 0 spiro atoms. The molecule has 0 saturated heterocycles. The lowest BCUT2D eigenvalue weighted by Crippen LogP contribution is -2.54. The van der Waals surface area contributed by atoms with Crippen molar-refractivity contribution in [3.63, 3.8) is 0 Å². The van der Waals surface area contributed by atoms with Gasteiger partial charge in [-0.1, -0.05) is 114 Å². The molecule has 0 unspecified atom stereocenters. The van der Waals surface area contributed by atoms with Crippen molar-refractivity contribution >= 4 is 0 Å². The van der Waals surface area contributed by atoms with E-state index in [1.165, 1.54) is 51.4 Å². The lowest BCUT2D eigenvalue weighted by molar-refractivity contribution is -0.129. The van der Waals surface area contributed by atoms with Crippen LogP contribution in [0.3, 0.4) is 0 Å². The van der Waals surface area contributed by atoms with Gasteiger partial charge in [-0.3, -0.25) is 0 Å². The zero-order valence-electron chi connectivity index (χ0n) is 17.7. The van der Waals surface area contributed by atoms with E-state index in [-0.39, 0.29) is 0 Å². The van der Waals surface area contributed by atoms with Crippen LogP contribution in [0, 0.1) is 21.7 Å². The Morgan fingerprint density at radius 1 is 0.455 bits per heavy atom. The van der Waals surface area contributed by atoms with E-state index < -0.39 is 0 Å². The Kier molecular flexibility index (Phi) is 8.20. The molecular weight excluding hydrogens is 264 g/mol. The highest BCUT2D eigenvalue weighted by Gasteiger charge is 2.56. The maximum atomic E-state index is 2.46. The van der Waals surface area contributed by atoms with Crippen LogP contribution in [-0.4, -0.2) is 0 Å². The Labute approximate surface area is 142 Å². The van der Waals surface area contributed by atoms with Gasteiger partial charge in [0.15, 0.2) is 0 Å². The van der Waals surface area contributed by atoms with Gasteiger partial charge in [0.05, 0.1) is 0 Å². The third-order valence-corrected chi connectivity index (χ3v) is 6.00. The summed E-state index contributed by atoms with van der Waals surface area (Å²) >= 11 is 0. The molecule has 0 heteroatoms. The molecule has 0 amide bonds. The Hall–Kier alpha value is 0. The van der Waals surface area contributed by atoms with Gasteiger partial charge in [0, 0.05) is 0 Å². The van der Waals surface area contributed by atoms with E-state index in [4.69, 9.17) is 0 Å². The van der Waals surface area contributed by atoms with E-state index in [0.717, 1.165) is 0 Å². The molecule has 0 fully saturated rings. The number of hydrogen-bond acceptors (Lipinski definition) is 0. The second-order valence-electron chi connectivity index (χ2n) is 10.5. The molecule has 0 bridgehead atoms. The van der Waals surface area contributed by atoms with Crippen LogP contribution in [0.2, 0.25) is 0 Å². The van der Waals surface area contributed by atoms with E-state index in [2.05, 4.69) is 69.2 Å². The summed E-state index contributed by atoms with van der Waals surface area (Å²) in [5.41, 5.74) is 1.33. The van der Waals surface area contributed by atoms with E-state index in [9.17, 15) is 0 Å². The average molecular weight is 311 g/mol. The second-order valence-corrected chi connectivity index (χ2v) is 10.5. The highest BCUT2D eigenvalue weighted by molar-refractivity contribution is 5.05. The van der Waals surface area contributed by atoms with Gasteiger partial charge in [0.25, 0.3) is 0 Å². The van der Waals surface area contributed by atoms with Gasteiger partial charge in [-0.05, 0) is 28.1 Å². The first-order chi connectivity index (χ1) is 9.81. The van der Waals surface area contributed by atoms with Crippen molar-refractivity contribution in [2.24, 2.45) is 21.7 Å². The van der Waals surface area contributed by atoms with Crippen LogP contribution in [-0.2, 0) is 0 Å². The number of unbranched alkanes of at least 4 members (excludes halogenated alkanes) is 6. The zero-order chi connectivity index (χ0) is 17.7. The molecule has 0 nitrogen and oxygen atoms in total. The van der Waals surface area contributed by atoms with Gasteiger partial charge in [-0.25, -0.2) is 0 Å². The van der Waals surface area contributed by atoms with Gasteiger partial charge >= 0.3 is 0 Å². The van der Waals surface area contributed by atoms with Crippen molar-refractivity contribution in [3.05, 3.63) is 0 Å². The second kappa shape index (κ2) is 8.20. The fourth-order valence-electron chi connectivity index (χ4n) is 5.85. The van der Waals surface area contributed by atoms with Crippen molar-refractivity contribution in [2.75, 3.05) is 0 Å². The van der Waals surface area contributed by atoms with Crippen LogP contribution in [0.15, 0.2) is 0 Å². The van der Waals surface area contributed by atoms with E-state index >= 15 is 0 Å². The van der Waals surface area contributed by atoms with Crippen LogP contribution in [0.25, 0.3) is 0 Å². The smallest absolute Gasteiger partial charge is 0.0152 e. The molecule has 0 atom stereocenters. The largest absolute Gasteiger partial charge is 0.0654 e. The van der Waals surface area contributed by atoms with Gasteiger partial charge in [-0.2, -0.15) is 0 Å². The van der Waals surface area contributed by atoms with Crippen molar-refractivity contribution < 1.29 is 0 Å². The molecule has 0 radical (unpaired) electrons. The molecule has 0 aromatic rings. The van der Waals surface area contributed by atoms with Crippen LogP contribution in [0.4, 0.5) is 0 Å². The minimum Gasteiger partial charge on any atom is -0.0654 e. The van der Waals surface area contributed by atoms with Gasteiger partial charge in [0.1, 0.15) is 0 Å². The predicted octanol–water partition coefficient (Wildman–Crippen LogP) is 8.25. The highest BCUT2D eigenvalue weighted by Crippen LogP contribution is 2.63. The molecule has 22 heavy (non-hydrogen) atoms. The van der Waals surface area contributed by atoms with Crippen LogP contribution >= 0.6 is 0 Å². The monoisotopic (exact) mass is 310 g/mol. The summed E-state index contributed by atoms with van der Waals surface area (Å²) in [6, 6.07) is 0. The Morgan fingerprint density at radius 2 is 0.773 bits per heavy atom. The first-order valence-corrected chi connectivity index (χ1v) is 9.81. The topological polar surface area (TPSA) is 0 Å². The molecular formula is C22H46. The summed E-state index contributed by atoms with van der Waals surface area (Å²) in [4.78, 5) is 0. The summed E-state index contributed by atoms with van der Waals surface area (Å²) in [7, 11) is 0. The molecule has 0 aromatic carbocycles. The molecule has 0 saturated carbocycles. The minimum absolute atomic E-state index is 0.325. The fraction of sp³-hybridized carbons (Fsp3) is 1.00.